The fourth-order valence-electron chi connectivity index (χ4n) is 4.41. The van der Waals surface area contributed by atoms with Crippen LogP contribution in [-0.4, -0.2) is 25.6 Å². The normalized spacial score (nSPS) is 17.2. The molecule has 4 heterocycles. The Balaban J connectivity index is 1.59. The SMILES string of the molecule is Cc1ccc(-n2cccc2C2C(c3ccccn3)NC(=S)N2c2ccc(NC(=O)C(C)C)c(Cl)c2)nc1. The Morgan fingerprint density at radius 2 is 1.95 bits per heavy atom. The number of benzene rings is 1. The molecule has 1 fully saturated rings. The predicted octanol–water partition coefficient (Wildman–Crippen LogP) is 6.00. The molecule has 3 aromatic heterocycles. The topological polar surface area (TPSA) is 75.1 Å². The van der Waals surface area contributed by atoms with Crippen molar-refractivity contribution in [3.63, 3.8) is 0 Å². The first-order valence-electron chi connectivity index (χ1n) is 12.0. The third-order valence-electron chi connectivity index (χ3n) is 6.34. The minimum Gasteiger partial charge on any atom is -0.351 e. The van der Waals surface area contributed by atoms with Crippen molar-refractivity contribution in [3.05, 3.63) is 101 Å². The third-order valence-corrected chi connectivity index (χ3v) is 6.96. The monoisotopic (exact) mass is 530 g/mol. The second kappa shape index (κ2) is 10.3. The molecule has 4 aromatic rings. The van der Waals surface area contributed by atoms with E-state index in [1.807, 2.05) is 87.8 Å². The largest absolute Gasteiger partial charge is 0.351 e. The van der Waals surface area contributed by atoms with Crippen LogP contribution in [0.3, 0.4) is 0 Å². The van der Waals surface area contributed by atoms with Crippen LogP contribution in [0.4, 0.5) is 11.4 Å². The summed E-state index contributed by atoms with van der Waals surface area (Å²) >= 11 is 12.5. The number of halogens is 1. The summed E-state index contributed by atoms with van der Waals surface area (Å²) in [5, 5.41) is 7.35. The molecule has 0 radical (unpaired) electrons. The summed E-state index contributed by atoms with van der Waals surface area (Å²) in [5.74, 6) is 0.565. The highest BCUT2D eigenvalue weighted by Gasteiger charge is 2.42. The zero-order valence-corrected chi connectivity index (χ0v) is 22.3. The van der Waals surface area contributed by atoms with Gasteiger partial charge in [-0.25, -0.2) is 4.98 Å². The summed E-state index contributed by atoms with van der Waals surface area (Å²) < 4.78 is 2.07. The molecule has 1 aliphatic rings. The number of hydrogen-bond donors (Lipinski definition) is 2. The van der Waals surface area contributed by atoms with Crippen molar-refractivity contribution < 1.29 is 4.79 Å². The first kappa shape index (κ1) is 24.9. The summed E-state index contributed by atoms with van der Waals surface area (Å²) in [6.07, 6.45) is 5.64. The highest BCUT2D eigenvalue weighted by atomic mass is 35.5. The van der Waals surface area contributed by atoms with Gasteiger partial charge >= 0.3 is 0 Å². The van der Waals surface area contributed by atoms with Crippen LogP contribution >= 0.6 is 23.8 Å². The molecule has 9 heteroatoms. The van der Waals surface area contributed by atoms with Gasteiger partial charge in [-0.2, -0.15) is 0 Å². The van der Waals surface area contributed by atoms with Crippen LogP contribution in [0.5, 0.6) is 0 Å². The highest BCUT2D eigenvalue weighted by molar-refractivity contribution is 7.80. The van der Waals surface area contributed by atoms with Gasteiger partial charge in [-0.05, 0) is 73.2 Å². The highest BCUT2D eigenvalue weighted by Crippen LogP contribution is 2.43. The number of carbonyl (C=O) groups excluding carboxylic acids is 1. The van der Waals surface area contributed by atoms with Gasteiger partial charge in [-0.15, -0.1) is 0 Å². The molecule has 7 nitrogen and oxygen atoms in total. The van der Waals surface area contributed by atoms with Crippen LogP contribution in [0, 0.1) is 12.8 Å². The molecular weight excluding hydrogens is 504 g/mol. The van der Waals surface area contributed by atoms with Gasteiger partial charge in [0.15, 0.2) is 5.11 Å². The lowest BCUT2D eigenvalue weighted by atomic mass is 10.0. The molecular formula is C28H27ClN6OS. The van der Waals surface area contributed by atoms with Crippen molar-refractivity contribution in [2.45, 2.75) is 32.9 Å². The summed E-state index contributed by atoms with van der Waals surface area (Å²) in [7, 11) is 0. The molecule has 2 atom stereocenters. The molecule has 1 saturated heterocycles. The number of hydrogen-bond acceptors (Lipinski definition) is 4. The predicted molar refractivity (Wildman–Crippen MR) is 151 cm³/mol. The molecule has 0 spiro atoms. The molecule has 2 N–H and O–H groups in total. The van der Waals surface area contributed by atoms with Gasteiger partial charge in [-0.3, -0.25) is 9.78 Å². The van der Waals surface area contributed by atoms with E-state index in [1.54, 1.807) is 6.20 Å². The zero-order valence-electron chi connectivity index (χ0n) is 20.7. The quantitative estimate of drug-likeness (QED) is 0.298. The number of anilines is 2. The number of amides is 1. The number of aryl methyl sites for hydroxylation is 1. The van der Waals surface area contributed by atoms with Crippen LogP contribution in [0.2, 0.25) is 5.02 Å². The fraction of sp³-hybridized carbons (Fsp3) is 0.214. The maximum Gasteiger partial charge on any atom is 0.226 e. The van der Waals surface area contributed by atoms with Crippen LogP contribution in [-0.2, 0) is 4.79 Å². The number of nitrogens with zero attached hydrogens (tertiary/aromatic N) is 4. The van der Waals surface area contributed by atoms with Gasteiger partial charge in [0.25, 0.3) is 0 Å². The zero-order chi connectivity index (χ0) is 26.1. The minimum absolute atomic E-state index is 0.0930. The second-order valence-electron chi connectivity index (χ2n) is 9.30. The van der Waals surface area contributed by atoms with E-state index in [4.69, 9.17) is 23.8 Å². The minimum atomic E-state index is -0.243. The smallest absolute Gasteiger partial charge is 0.226 e. The fourth-order valence-corrected chi connectivity index (χ4v) is 4.98. The average Bonchev–Trinajstić information content (AvgIpc) is 3.50. The number of rotatable bonds is 6. The third kappa shape index (κ3) is 4.95. The molecule has 0 bridgehead atoms. The van der Waals surface area contributed by atoms with E-state index in [1.165, 1.54) is 0 Å². The van der Waals surface area contributed by atoms with Gasteiger partial charge in [0.1, 0.15) is 11.9 Å². The number of thiocarbonyl (C=S) groups is 1. The maximum atomic E-state index is 12.2. The van der Waals surface area contributed by atoms with E-state index in [2.05, 4.69) is 36.1 Å². The Morgan fingerprint density at radius 1 is 1.11 bits per heavy atom. The standard InChI is InChI=1S/C28H27ClN6OS/c1-17(2)27(36)32-21-11-10-19(15-20(21)29)35-26(25(33-28(35)37)22-7-4-5-13-30-22)23-8-6-14-34(23)24-12-9-18(3)16-31-24/h4-17,25-26H,1-3H3,(H,32,36)(H,33,37). The number of carbonyl (C=O) groups is 1. The first-order chi connectivity index (χ1) is 17.8. The van der Waals surface area contributed by atoms with Gasteiger partial charge in [0.05, 0.1) is 22.4 Å². The molecule has 37 heavy (non-hydrogen) atoms. The summed E-state index contributed by atoms with van der Waals surface area (Å²) in [4.78, 5) is 23.6. The Morgan fingerprint density at radius 3 is 2.62 bits per heavy atom. The first-order valence-corrected chi connectivity index (χ1v) is 12.8. The van der Waals surface area contributed by atoms with Crippen molar-refractivity contribution >= 4 is 46.2 Å². The summed E-state index contributed by atoms with van der Waals surface area (Å²) in [6.45, 7) is 5.70. The molecule has 5 rings (SSSR count). The average molecular weight is 531 g/mol. The van der Waals surface area contributed by atoms with E-state index in [-0.39, 0.29) is 23.9 Å². The van der Waals surface area contributed by atoms with E-state index in [0.717, 1.165) is 28.5 Å². The van der Waals surface area contributed by atoms with Crippen LogP contribution in [0.1, 0.15) is 42.9 Å². The molecule has 0 aliphatic carbocycles. The second-order valence-corrected chi connectivity index (χ2v) is 10.1. The van der Waals surface area contributed by atoms with Gasteiger partial charge < -0.3 is 20.1 Å². The Kier molecular flexibility index (Phi) is 6.95. The van der Waals surface area contributed by atoms with Gasteiger partial charge in [0.2, 0.25) is 5.91 Å². The van der Waals surface area contributed by atoms with E-state index < -0.39 is 0 Å². The number of nitrogens with one attached hydrogen (secondary N) is 2. The van der Waals surface area contributed by atoms with Crippen molar-refractivity contribution in [2.24, 2.45) is 5.92 Å². The van der Waals surface area contributed by atoms with E-state index >= 15 is 0 Å². The molecule has 1 aliphatic heterocycles. The van der Waals surface area contributed by atoms with Crippen LogP contribution in [0.15, 0.2) is 79.3 Å². The molecule has 1 aromatic carbocycles. The van der Waals surface area contributed by atoms with Crippen molar-refractivity contribution in [3.8, 4) is 5.82 Å². The lowest BCUT2D eigenvalue weighted by molar-refractivity contribution is -0.118. The summed E-state index contributed by atoms with van der Waals surface area (Å²) in [5.41, 5.74) is 4.32. The Hall–Kier alpha value is -3.75. The molecule has 2 unspecified atom stereocenters. The molecule has 188 valence electrons. The summed E-state index contributed by atoms with van der Waals surface area (Å²) in [6, 6.07) is 19.1. The van der Waals surface area contributed by atoms with Crippen molar-refractivity contribution in [1.29, 1.82) is 0 Å². The number of pyridine rings is 2. The van der Waals surface area contributed by atoms with E-state index in [9.17, 15) is 4.79 Å². The Bertz CT molecular complexity index is 1440. The molecule has 1 amide bonds. The maximum absolute atomic E-state index is 12.2. The lowest BCUT2D eigenvalue weighted by Crippen LogP contribution is -2.30. The lowest BCUT2D eigenvalue weighted by Gasteiger charge is -2.29. The van der Waals surface area contributed by atoms with Crippen molar-refractivity contribution in [1.82, 2.24) is 19.9 Å². The van der Waals surface area contributed by atoms with Crippen LogP contribution in [0.25, 0.3) is 5.82 Å². The van der Waals surface area contributed by atoms with Crippen LogP contribution < -0.4 is 15.5 Å². The van der Waals surface area contributed by atoms with Gasteiger partial charge in [-0.1, -0.05) is 37.6 Å². The molecule has 0 saturated carbocycles. The van der Waals surface area contributed by atoms with Gasteiger partial charge in [0, 0.05) is 35.9 Å². The Labute approximate surface area is 226 Å². The van der Waals surface area contributed by atoms with E-state index in [0.29, 0.717) is 15.8 Å². The van der Waals surface area contributed by atoms with Crippen molar-refractivity contribution in [2.75, 3.05) is 10.2 Å². The number of aromatic nitrogens is 3.